The van der Waals surface area contributed by atoms with Crippen LogP contribution >= 0.6 is 12.2 Å². The lowest BCUT2D eigenvalue weighted by Gasteiger charge is -2.33. The zero-order valence-electron chi connectivity index (χ0n) is 10.7. The highest BCUT2D eigenvalue weighted by molar-refractivity contribution is 7.78. The van der Waals surface area contributed by atoms with Gasteiger partial charge < -0.3 is 9.64 Å². The van der Waals surface area contributed by atoms with Crippen molar-refractivity contribution in [3.05, 3.63) is 0 Å². The summed E-state index contributed by atoms with van der Waals surface area (Å²) in [5, 5.41) is 2.37. The summed E-state index contributed by atoms with van der Waals surface area (Å²) in [4.78, 5) is 17.6. The molecule has 1 saturated heterocycles. The summed E-state index contributed by atoms with van der Waals surface area (Å²) in [6.45, 7) is 7.76. The Bertz CT molecular complexity index is 319. The molecule has 0 aromatic carbocycles. The Hall–Kier alpha value is -0.930. The van der Waals surface area contributed by atoms with Gasteiger partial charge in [0.05, 0.1) is 11.7 Å². The fourth-order valence-electron chi connectivity index (χ4n) is 1.87. The molecule has 0 radical (unpaired) electrons. The van der Waals surface area contributed by atoms with E-state index in [2.05, 4.69) is 22.4 Å². The first-order chi connectivity index (χ1) is 7.92. The Kier molecular flexibility index (Phi) is 5.09. The van der Waals surface area contributed by atoms with E-state index in [4.69, 9.17) is 4.74 Å². The molecule has 5 heteroatoms. The van der Waals surface area contributed by atoms with E-state index in [1.54, 1.807) is 4.90 Å². The number of carbonyl (C=O) groups excluding carboxylic acids is 1. The topological polar surface area (TPSA) is 41.9 Å². The van der Waals surface area contributed by atoms with Gasteiger partial charge in [-0.15, -0.1) is 0 Å². The first-order valence-electron chi connectivity index (χ1n) is 5.94. The minimum Gasteiger partial charge on any atom is -0.444 e. The Morgan fingerprint density at radius 2 is 2.29 bits per heavy atom. The average molecular weight is 256 g/mol. The lowest BCUT2D eigenvalue weighted by atomic mass is 9.99. The van der Waals surface area contributed by atoms with Gasteiger partial charge in [0.1, 0.15) is 5.60 Å². The molecule has 1 atom stereocenters. The third kappa shape index (κ3) is 5.29. The Labute approximate surface area is 108 Å². The first kappa shape index (κ1) is 14.1. The molecular formula is C12H20N2O2S. The quantitative estimate of drug-likeness (QED) is 0.563. The number of hydrogen-bond donors (Lipinski definition) is 0. The van der Waals surface area contributed by atoms with Crippen LogP contribution in [0.1, 0.15) is 33.6 Å². The maximum Gasteiger partial charge on any atom is 0.410 e. The summed E-state index contributed by atoms with van der Waals surface area (Å²) in [5.41, 5.74) is -0.434. The van der Waals surface area contributed by atoms with Crippen LogP contribution in [-0.2, 0) is 4.74 Å². The first-order valence-corrected chi connectivity index (χ1v) is 6.35. The molecule has 0 aromatic rings. The standard InChI is InChI=1S/C12H20N2O2S/c1-12(2,3)16-11(15)14-6-4-5-10(8-14)7-13-9-17/h10H,4-8H2,1-3H3. The van der Waals surface area contributed by atoms with Crippen molar-refractivity contribution in [3.8, 4) is 0 Å². The van der Waals surface area contributed by atoms with Crippen LogP contribution in [0, 0.1) is 5.92 Å². The highest BCUT2D eigenvalue weighted by atomic mass is 32.1. The molecular weight excluding hydrogens is 236 g/mol. The summed E-state index contributed by atoms with van der Waals surface area (Å²) in [5.74, 6) is 0.381. The van der Waals surface area contributed by atoms with Crippen LogP contribution in [0.2, 0.25) is 0 Å². The maximum absolute atomic E-state index is 11.9. The van der Waals surface area contributed by atoms with Crippen LogP contribution in [0.4, 0.5) is 4.79 Å². The number of thiocarbonyl (C=S) groups is 1. The van der Waals surface area contributed by atoms with Crippen LogP contribution in [0.3, 0.4) is 0 Å². The van der Waals surface area contributed by atoms with Crippen LogP contribution in [0.15, 0.2) is 4.99 Å². The fraction of sp³-hybridized carbons (Fsp3) is 0.833. The molecule has 1 amide bonds. The second-order valence-corrected chi connectivity index (χ2v) is 5.55. The number of hydrogen-bond acceptors (Lipinski definition) is 4. The van der Waals surface area contributed by atoms with Gasteiger partial charge >= 0.3 is 6.09 Å². The molecule has 1 fully saturated rings. The Morgan fingerprint density at radius 1 is 1.59 bits per heavy atom. The van der Waals surface area contributed by atoms with Crippen LogP contribution in [0.5, 0.6) is 0 Å². The molecule has 17 heavy (non-hydrogen) atoms. The molecule has 4 nitrogen and oxygen atoms in total. The zero-order chi connectivity index (χ0) is 12.9. The van der Waals surface area contributed by atoms with E-state index in [0.717, 1.165) is 19.4 Å². The normalized spacial score (nSPS) is 20.6. The molecule has 0 aliphatic carbocycles. The lowest BCUT2D eigenvalue weighted by molar-refractivity contribution is 0.0171. The second kappa shape index (κ2) is 6.12. The second-order valence-electron chi connectivity index (χ2n) is 5.37. The average Bonchev–Trinajstić information content (AvgIpc) is 2.24. The summed E-state index contributed by atoms with van der Waals surface area (Å²) in [7, 11) is 0. The molecule has 96 valence electrons. The van der Waals surface area contributed by atoms with Crippen LogP contribution in [-0.4, -0.2) is 41.4 Å². The molecule has 0 aromatic heterocycles. The van der Waals surface area contributed by atoms with E-state index in [-0.39, 0.29) is 6.09 Å². The SMILES string of the molecule is CC(C)(C)OC(=O)N1CCCC(CN=C=S)C1. The molecule has 1 aliphatic heterocycles. The Balaban J connectivity index is 2.48. The van der Waals surface area contributed by atoms with Gasteiger partial charge in [-0.05, 0) is 51.7 Å². The third-order valence-electron chi connectivity index (χ3n) is 2.58. The van der Waals surface area contributed by atoms with Gasteiger partial charge in [0.25, 0.3) is 0 Å². The van der Waals surface area contributed by atoms with Crippen molar-refractivity contribution in [3.63, 3.8) is 0 Å². The molecule has 0 saturated carbocycles. The van der Waals surface area contributed by atoms with Crippen molar-refractivity contribution in [1.29, 1.82) is 0 Å². The van der Waals surface area contributed by atoms with Crippen molar-refractivity contribution < 1.29 is 9.53 Å². The monoisotopic (exact) mass is 256 g/mol. The zero-order valence-corrected chi connectivity index (χ0v) is 11.5. The summed E-state index contributed by atoms with van der Waals surface area (Å²) >= 11 is 4.55. The van der Waals surface area contributed by atoms with Crippen molar-refractivity contribution in [2.45, 2.75) is 39.2 Å². The van der Waals surface area contributed by atoms with Crippen molar-refractivity contribution in [2.24, 2.45) is 10.9 Å². The molecule has 0 spiro atoms. The van der Waals surface area contributed by atoms with Crippen molar-refractivity contribution in [2.75, 3.05) is 19.6 Å². The molecule has 1 unspecified atom stereocenters. The van der Waals surface area contributed by atoms with Gasteiger partial charge in [0, 0.05) is 13.1 Å². The fourth-order valence-corrected chi connectivity index (χ4v) is 1.95. The lowest BCUT2D eigenvalue weighted by Crippen LogP contribution is -2.43. The van der Waals surface area contributed by atoms with Gasteiger partial charge in [-0.3, -0.25) is 0 Å². The van der Waals surface area contributed by atoms with Gasteiger partial charge in [0.15, 0.2) is 0 Å². The van der Waals surface area contributed by atoms with Gasteiger partial charge in [-0.1, -0.05) is 0 Å². The van der Waals surface area contributed by atoms with Crippen LogP contribution in [0.25, 0.3) is 0 Å². The van der Waals surface area contributed by atoms with Crippen molar-refractivity contribution >= 4 is 23.5 Å². The number of piperidine rings is 1. The minimum atomic E-state index is -0.434. The molecule has 0 N–H and O–H groups in total. The van der Waals surface area contributed by atoms with Gasteiger partial charge in [0.2, 0.25) is 0 Å². The maximum atomic E-state index is 11.9. The highest BCUT2D eigenvalue weighted by Crippen LogP contribution is 2.19. The molecule has 1 heterocycles. The van der Waals surface area contributed by atoms with E-state index in [0.29, 0.717) is 19.0 Å². The summed E-state index contributed by atoms with van der Waals surface area (Å²) in [6.07, 6.45) is 1.85. The number of likely N-dealkylation sites (tertiary alicyclic amines) is 1. The number of ether oxygens (including phenoxy) is 1. The molecule has 1 aliphatic rings. The smallest absolute Gasteiger partial charge is 0.410 e. The van der Waals surface area contributed by atoms with Crippen molar-refractivity contribution in [1.82, 2.24) is 4.90 Å². The van der Waals surface area contributed by atoms with E-state index in [1.807, 2.05) is 20.8 Å². The van der Waals surface area contributed by atoms with E-state index >= 15 is 0 Å². The van der Waals surface area contributed by atoms with Gasteiger partial charge in [-0.2, -0.15) is 0 Å². The molecule has 0 bridgehead atoms. The Morgan fingerprint density at radius 3 is 2.88 bits per heavy atom. The van der Waals surface area contributed by atoms with Crippen LogP contribution < -0.4 is 0 Å². The number of aliphatic imine (C=N–C) groups is 1. The number of amides is 1. The molecule has 1 rings (SSSR count). The minimum absolute atomic E-state index is 0.228. The summed E-state index contributed by atoms with van der Waals surface area (Å²) in [6, 6.07) is 0. The predicted octanol–water partition coefficient (Wildman–Crippen LogP) is 2.74. The number of carbonyl (C=O) groups is 1. The van der Waals surface area contributed by atoms with Gasteiger partial charge in [-0.25, -0.2) is 9.79 Å². The highest BCUT2D eigenvalue weighted by Gasteiger charge is 2.27. The van der Waals surface area contributed by atoms with E-state index < -0.39 is 5.60 Å². The number of rotatable bonds is 2. The predicted molar refractivity (Wildman–Crippen MR) is 70.4 cm³/mol. The summed E-state index contributed by atoms with van der Waals surface area (Å²) < 4.78 is 5.35. The number of nitrogens with zero attached hydrogens (tertiary/aromatic N) is 2. The third-order valence-corrected chi connectivity index (χ3v) is 2.71. The number of isothiocyanates is 1. The van der Waals surface area contributed by atoms with E-state index in [1.165, 1.54) is 0 Å². The van der Waals surface area contributed by atoms with E-state index in [9.17, 15) is 4.79 Å². The largest absolute Gasteiger partial charge is 0.444 e.